The van der Waals surface area contributed by atoms with Crippen molar-refractivity contribution < 1.29 is 0 Å². The van der Waals surface area contributed by atoms with Crippen LogP contribution in [0, 0.1) is 5.92 Å². The van der Waals surface area contributed by atoms with Crippen molar-refractivity contribution in [1.82, 2.24) is 10.2 Å². The van der Waals surface area contributed by atoms with Crippen LogP contribution in [-0.2, 0) is 0 Å². The molecule has 1 unspecified atom stereocenters. The van der Waals surface area contributed by atoms with Gasteiger partial charge >= 0.3 is 0 Å². The van der Waals surface area contributed by atoms with E-state index in [-0.39, 0.29) is 0 Å². The summed E-state index contributed by atoms with van der Waals surface area (Å²) in [5.74, 6) is 0.646. The molecule has 0 aliphatic carbocycles. The standard InChI is InChI=1S/C8H19N3/c1-8(6-9)7-11-4-2-10-3-5-11/h8,10H,2-7,9H2,1H3. The molecular weight excluding hydrogens is 138 g/mol. The average molecular weight is 157 g/mol. The predicted molar refractivity (Wildman–Crippen MR) is 47.5 cm³/mol. The molecule has 0 radical (unpaired) electrons. The molecule has 0 aromatic carbocycles. The fourth-order valence-electron chi connectivity index (χ4n) is 1.41. The second-order valence-corrected chi connectivity index (χ2v) is 3.39. The minimum atomic E-state index is 0.646. The molecule has 0 amide bonds. The molecule has 1 fully saturated rings. The first-order chi connectivity index (χ1) is 5.33. The van der Waals surface area contributed by atoms with Crippen molar-refractivity contribution in [3.63, 3.8) is 0 Å². The molecule has 0 aromatic heterocycles. The Morgan fingerprint density at radius 1 is 1.45 bits per heavy atom. The Morgan fingerprint density at radius 2 is 2.09 bits per heavy atom. The molecule has 1 atom stereocenters. The predicted octanol–water partition coefficient (Wildman–Crippen LogP) is -0.514. The van der Waals surface area contributed by atoms with E-state index in [1.165, 1.54) is 13.1 Å². The quantitative estimate of drug-likeness (QED) is 0.579. The summed E-state index contributed by atoms with van der Waals surface area (Å²) >= 11 is 0. The number of nitrogens with zero attached hydrogens (tertiary/aromatic N) is 1. The average Bonchev–Trinajstić information content (AvgIpc) is 2.06. The second-order valence-electron chi connectivity index (χ2n) is 3.39. The van der Waals surface area contributed by atoms with Gasteiger partial charge in [0.05, 0.1) is 0 Å². The summed E-state index contributed by atoms with van der Waals surface area (Å²) in [4.78, 5) is 2.48. The highest BCUT2D eigenvalue weighted by molar-refractivity contribution is 4.69. The maximum atomic E-state index is 5.55. The van der Waals surface area contributed by atoms with E-state index in [9.17, 15) is 0 Å². The largest absolute Gasteiger partial charge is 0.330 e. The van der Waals surface area contributed by atoms with Crippen molar-refractivity contribution in [3.8, 4) is 0 Å². The molecule has 1 heterocycles. The van der Waals surface area contributed by atoms with E-state index in [0.717, 1.165) is 26.2 Å². The molecule has 0 bridgehead atoms. The van der Waals surface area contributed by atoms with Crippen molar-refractivity contribution in [2.24, 2.45) is 11.7 Å². The van der Waals surface area contributed by atoms with Crippen LogP contribution in [0.5, 0.6) is 0 Å². The van der Waals surface area contributed by atoms with Crippen molar-refractivity contribution >= 4 is 0 Å². The van der Waals surface area contributed by atoms with Crippen molar-refractivity contribution in [1.29, 1.82) is 0 Å². The first kappa shape index (κ1) is 8.97. The Labute approximate surface area is 68.9 Å². The molecule has 3 N–H and O–H groups in total. The van der Waals surface area contributed by atoms with E-state index in [1.54, 1.807) is 0 Å². The van der Waals surface area contributed by atoms with Gasteiger partial charge in [0.2, 0.25) is 0 Å². The first-order valence-corrected chi connectivity index (χ1v) is 4.46. The van der Waals surface area contributed by atoms with Gasteiger partial charge in [-0.05, 0) is 12.5 Å². The van der Waals surface area contributed by atoms with Gasteiger partial charge in [-0.3, -0.25) is 0 Å². The number of piperazine rings is 1. The fraction of sp³-hybridized carbons (Fsp3) is 1.00. The van der Waals surface area contributed by atoms with Gasteiger partial charge in [0.15, 0.2) is 0 Å². The maximum Gasteiger partial charge on any atom is 0.0107 e. The van der Waals surface area contributed by atoms with Crippen molar-refractivity contribution in [2.75, 3.05) is 39.3 Å². The molecule has 0 aromatic rings. The summed E-state index contributed by atoms with van der Waals surface area (Å²) in [7, 11) is 0. The van der Waals surface area contributed by atoms with Gasteiger partial charge in [0.1, 0.15) is 0 Å². The fourth-order valence-corrected chi connectivity index (χ4v) is 1.41. The molecular formula is C8H19N3. The van der Waals surface area contributed by atoms with Gasteiger partial charge in [-0.2, -0.15) is 0 Å². The summed E-state index contributed by atoms with van der Waals surface area (Å²) in [6.45, 7) is 8.83. The van der Waals surface area contributed by atoms with Gasteiger partial charge in [0.25, 0.3) is 0 Å². The van der Waals surface area contributed by atoms with Crippen LogP contribution in [0.1, 0.15) is 6.92 Å². The van der Waals surface area contributed by atoms with Gasteiger partial charge in [-0.25, -0.2) is 0 Å². The van der Waals surface area contributed by atoms with Crippen LogP contribution < -0.4 is 11.1 Å². The van der Waals surface area contributed by atoms with Crippen LogP contribution in [0.3, 0.4) is 0 Å². The van der Waals surface area contributed by atoms with E-state index < -0.39 is 0 Å². The Balaban J connectivity index is 2.13. The Bertz CT molecular complexity index is 99.5. The Kier molecular flexibility index (Phi) is 3.83. The van der Waals surface area contributed by atoms with Crippen LogP contribution in [0.4, 0.5) is 0 Å². The summed E-state index contributed by atoms with van der Waals surface area (Å²) in [6, 6.07) is 0. The molecule has 1 rings (SSSR count). The zero-order valence-corrected chi connectivity index (χ0v) is 7.34. The molecule has 0 saturated carbocycles. The highest BCUT2D eigenvalue weighted by Gasteiger charge is 2.11. The second kappa shape index (κ2) is 4.70. The van der Waals surface area contributed by atoms with Gasteiger partial charge < -0.3 is 16.0 Å². The maximum absolute atomic E-state index is 5.55. The SMILES string of the molecule is CC(CN)CN1CCNCC1. The van der Waals surface area contributed by atoms with E-state index in [0.29, 0.717) is 5.92 Å². The van der Waals surface area contributed by atoms with Crippen LogP contribution in [0.15, 0.2) is 0 Å². The van der Waals surface area contributed by atoms with Gasteiger partial charge in [0, 0.05) is 32.7 Å². The number of nitrogens with two attached hydrogens (primary N) is 1. The Morgan fingerprint density at radius 3 is 2.64 bits per heavy atom. The molecule has 1 aliphatic rings. The smallest absolute Gasteiger partial charge is 0.0107 e. The molecule has 0 spiro atoms. The third kappa shape index (κ3) is 3.18. The van der Waals surface area contributed by atoms with Crippen molar-refractivity contribution in [2.45, 2.75) is 6.92 Å². The van der Waals surface area contributed by atoms with Gasteiger partial charge in [-0.1, -0.05) is 6.92 Å². The highest BCUT2D eigenvalue weighted by Crippen LogP contribution is 1.98. The van der Waals surface area contributed by atoms with Crippen LogP contribution in [0.25, 0.3) is 0 Å². The molecule has 11 heavy (non-hydrogen) atoms. The van der Waals surface area contributed by atoms with E-state index >= 15 is 0 Å². The first-order valence-electron chi connectivity index (χ1n) is 4.46. The minimum absolute atomic E-state index is 0.646. The number of hydrogen-bond acceptors (Lipinski definition) is 3. The number of nitrogens with one attached hydrogen (secondary N) is 1. The minimum Gasteiger partial charge on any atom is -0.330 e. The normalized spacial score (nSPS) is 23.5. The lowest BCUT2D eigenvalue weighted by atomic mass is 10.1. The summed E-state index contributed by atoms with van der Waals surface area (Å²) in [5.41, 5.74) is 5.55. The monoisotopic (exact) mass is 157 g/mol. The molecule has 3 heteroatoms. The molecule has 66 valence electrons. The lowest BCUT2D eigenvalue weighted by molar-refractivity contribution is 0.213. The zero-order chi connectivity index (χ0) is 8.10. The third-order valence-electron chi connectivity index (χ3n) is 2.18. The summed E-state index contributed by atoms with van der Waals surface area (Å²) < 4.78 is 0. The molecule has 1 aliphatic heterocycles. The van der Waals surface area contributed by atoms with E-state index in [1.807, 2.05) is 0 Å². The molecule has 1 saturated heterocycles. The topological polar surface area (TPSA) is 41.3 Å². The lowest BCUT2D eigenvalue weighted by Crippen LogP contribution is -2.45. The van der Waals surface area contributed by atoms with Gasteiger partial charge in [-0.15, -0.1) is 0 Å². The molecule has 3 nitrogen and oxygen atoms in total. The lowest BCUT2D eigenvalue weighted by Gasteiger charge is -2.29. The van der Waals surface area contributed by atoms with Crippen LogP contribution in [-0.4, -0.2) is 44.2 Å². The van der Waals surface area contributed by atoms with Crippen LogP contribution >= 0.6 is 0 Å². The van der Waals surface area contributed by atoms with Crippen LogP contribution in [0.2, 0.25) is 0 Å². The summed E-state index contributed by atoms with van der Waals surface area (Å²) in [6.07, 6.45) is 0. The number of rotatable bonds is 3. The summed E-state index contributed by atoms with van der Waals surface area (Å²) in [5, 5.41) is 3.33. The van der Waals surface area contributed by atoms with E-state index in [2.05, 4.69) is 17.1 Å². The van der Waals surface area contributed by atoms with E-state index in [4.69, 9.17) is 5.73 Å². The third-order valence-corrected chi connectivity index (χ3v) is 2.18. The highest BCUT2D eigenvalue weighted by atomic mass is 15.2. The Hall–Kier alpha value is -0.120. The zero-order valence-electron chi connectivity index (χ0n) is 7.34. The van der Waals surface area contributed by atoms with Crippen molar-refractivity contribution in [3.05, 3.63) is 0 Å². The number of hydrogen-bond donors (Lipinski definition) is 2.